The van der Waals surface area contributed by atoms with Crippen LogP contribution in [0.4, 0.5) is 11.4 Å². The lowest BCUT2D eigenvalue weighted by Gasteiger charge is -2.33. The normalized spacial score (nSPS) is 15.4. The second kappa shape index (κ2) is 8.19. The predicted molar refractivity (Wildman–Crippen MR) is 113 cm³/mol. The van der Waals surface area contributed by atoms with Crippen molar-refractivity contribution in [3.63, 3.8) is 0 Å². The molecule has 0 fully saturated rings. The van der Waals surface area contributed by atoms with Gasteiger partial charge in [0.05, 0.1) is 18.7 Å². The third-order valence-corrected chi connectivity index (χ3v) is 4.84. The number of hydrogen-bond donors (Lipinski definition) is 1. The van der Waals surface area contributed by atoms with Crippen LogP contribution >= 0.6 is 0 Å². The molecule has 0 saturated carbocycles. The molecular formula is C24H22N2O3. The van der Waals surface area contributed by atoms with Gasteiger partial charge < -0.3 is 15.0 Å². The second-order valence-corrected chi connectivity index (χ2v) is 7.06. The lowest BCUT2D eigenvalue weighted by atomic mass is 10.1. The number of nitrogens with one attached hydrogen (secondary N) is 1. The molecule has 3 aromatic rings. The summed E-state index contributed by atoms with van der Waals surface area (Å²) in [5.41, 5.74) is 3.34. The fraction of sp³-hybridized carbons (Fsp3) is 0.167. The summed E-state index contributed by atoms with van der Waals surface area (Å²) in [5.74, 6) is 0.407. The first-order chi connectivity index (χ1) is 14.1. The summed E-state index contributed by atoms with van der Waals surface area (Å²) in [6.07, 6.45) is -0.283. The van der Waals surface area contributed by atoms with Gasteiger partial charge in [-0.15, -0.1) is 0 Å². The Bertz CT molecular complexity index is 1020. The molecule has 146 valence electrons. The third-order valence-electron chi connectivity index (χ3n) is 4.84. The monoisotopic (exact) mass is 386 g/mol. The van der Waals surface area contributed by atoms with E-state index in [9.17, 15) is 9.59 Å². The summed E-state index contributed by atoms with van der Waals surface area (Å²) in [4.78, 5) is 26.8. The fourth-order valence-corrected chi connectivity index (χ4v) is 3.40. The minimum atomic E-state index is -0.582. The van der Waals surface area contributed by atoms with Crippen LogP contribution in [0.1, 0.15) is 18.1 Å². The molecule has 1 atom stereocenters. The van der Waals surface area contributed by atoms with E-state index in [0.29, 0.717) is 30.1 Å². The van der Waals surface area contributed by atoms with Crippen LogP contribution in [0.25, 0.3) is 0 Å². The van der Waals surface area contributed by atoms with Gasteiger partial charge in [-0.2, -0.15) is 0 Å². The molecule has 1 N–H and O–H groups in total. The average Bonchev–Trinajstić information content (AvgIpc) is 2.73. The molecule has 4 rings (SSSR count). The molecule has 2 amide bonds. The molecule has 1 aliphatic heterocycles. The van der Waals surface area contributed by atoms with E-state index in [-0.39, 0.29) is 11.8 Å². The van der Waals surface area contributed by atoms with Crippen LogP contribution in [0.2, 0.25) is 0 Å². The van der Waals surface area contributed by atoms with E-state index < -0.39 is 6.10 Å². The molecule has 0 aliphatic carbocycles. The molecule has 3 aromatic carbocycles. The number of rotatable bonds is 5. The Morgan fingerprint density at radius 2 is 1.62 bits per heavy atom. The molecule has 0 radical (unpaired) electrons. The van der Waals surface area contributed by atoms with Gasteiger partial charge in [-0.1, -0.05) is 60.7 Å². The van der Waals surface area contributed by atoms with Crippen molar-refractivity contribution >= 4 is 23.2 Å². The summed E-state index contributed by atoms with van der Waals surface area (Å²) in [6, 6.07) is 24.8. The molecule has 0 spiro atoms. The number of anilines is 2. The standard InChI is InChI=1S/C24H22N2O3/c1-17-24(28)26(16-19-10-6-3-7-11-19)21-13-12-20(15-22(21)29-17)25-23(27)14-18-8-4-2-5-9-18/h2-13,15,17H,14,16H2,1H3,(H,25,27). The van der Waals surface area contributed by atoms with Gasteiger partial charge in [-0.3, -0.25) is 9.59 Å². The molecular weight excluding hydrogens is 364 g/mol. The van der Waals surface area contributed by atoms with Crippen LogP contribution in [-0.4, -0.2) is 17.9 Å². The average molecular weight is 386 g/mol. The van der Waals surface area contributed by atoms with Crippen LogP contribution < -0.4 is 15.0 Å². The number of carbonyl (C=O) groups excluding carboxylic acids is 2. The summed E-state index contributed by atoms with van der Waals surface area (Å²) in [7, 11) is 0. The maximum absolute atomic E-state index is 12.7. The van der Waals surface area contributed by atoms with Gasteiger partial charge in [0.2, 0.25) is 5.91 Å². The highest BCUT2D eigenvalue weighted by molar-refractivity contribution is 6.00. The Kier molecular flexibility index (Phi) is 5.29. The van der Waals surface area contributed by atoms with E-state index >= 15 is 0 Å². The van der Waals surface area contributed by atoms with Gasteiger partial charge in [0, 0.05) is 11.8 Å². The summed E-state index contributed by atoms with van der Waals surface area (Å²) in [5, 5.41) is 2.91. The van der Waals surface area contributed by atoms with E-state index in [4.69, 9.17) is 4.74 Å². The predicted octanol–water partition coefficient (Wildman–Crippen LogP) is 4.18. The van der Waals surface area contributed by atoms with Crippen LogP contribution in [0.3, 0.4) is 0 Å². The lowest BCUT2D eigenvalue weighted by Crippen LogP contribution is -2.44. The van der Waals surface area contributed by atoms with Crippen molar-refractivity contribution in [3.05, 3.63) is 90.0 Å². The fourth-order valence-electron chi connectivity index (χ4n) is 3.40. The molecule has 0 saturated heterocycles. The van der Waals surface area contributed by atoms with Crippen LogP contribution in [0.5, 0.6) is 5.75 Å². The van der Waals surface area contributed by atoms with Gasteiger partial charge in [0.25, 0.3) is 5.91 Å². The smallest absolute Gasteiger partial charge is 0.268 e. The number of hydrogen-bond acceptors (Lipinski definition) is 3. The van der Waals surface area contributed by atoms with E-state index in [1.807, 2.05) is 66.7 Å². The summed E-state index contributed by atoms with van der Waals surface area (Å²) < 4.78 is 5.81. The highest BCUT2D eigenvalue weighted by atomic mass is 16.5. The molecule has 0 bridgehead atoms. The van der Waals surface area contributed by atoms with E-state index in [2.05, 4.69) is 5.32 Å². The molecule has 5 nitrogen and oxygen atoms in total. The lowest BCUT2D eigenvalue weighted by molar-refractivity contribution is -0.125. The maximum Gasteiger partial charge on any atom is 0.268 e. The Balaban J connectivity index is 1.53. The Morgan fingerprint density at radius 1 is 0.966 bits per heavy atom. The molecule has 0 aromatic heterocycles. The Hall–Kier alpha value is -3.60. The zero-order valence-electron chi connectivity index (χ0n) is 16.2. The topological polar surface area (TPSA) is 58.6 Å². The van der Waals surface area contributed by atoms with Gasteiger partial charge in [0.15, 0.2) is 6.10 Å². The van der Waals surface area contributed by atoms with Crippen molar-refractivity contribution < 1.29 is 14.3 Å². The van der Waals surface area contributed by atoms with E-state index in [1.54, 1.807) is 24.0 Å². The number of benzene rings is 3. The van der Waals surface area contributed by atoms with Crippen molar-refractivity contribution in [2.24, 2.45) is 0 Å². The first kappa shape index (κ1) is 18.7. The SMILES string of the molecule is CC1Oc2cc(NC(=O)Cc3ccccc3)ccc2N(Cc2ccccc2)C1=O. The number of amides is 2. The number of ether oxygens (including phenoxy) is 1. The highest BCUT2D eigenvalue weighted by Crippen LogP contribution is 2.37. The van der Waals surface area contributed by atoms with E-state index in [0.717, 1.165) is 11.1 Å². The zero-order chi connectivity index (χ0) is 20.2. The summed E-state index contributed by atoms with van der Waals surface area (Å²) in [6.45, 7) is 2.21. The van der Waals surface area contributed by atoms with Crippen molar-refractivity contribution in [2.45, 2.75) is 26.0 Å². The van der Waals surface area contributed by atoms with Gasteiger partial charge in [0.1, 0.15) is 5.75 Å². The third kappa shape index (κ3) is 4.29. The van der Waals surface area contributed by atoms with Gasteiger partial charge >= 0.3 is 0 Å². The minimum Gasteiger partial charge on any atom is -0.479 e. The second-order valence-electron chi connectivity index (χ2n) is 7.06. The van der Waals surface area contributed by atoms with Gasteiger partial charge in [-0.05, 0) is 30.2 Å². The number of nitrogens with zero attached hydrogens (tertiary/aromatic N) is 1. The Labute approximate surface area is 169 Å². The summed E-state index contributed by atoms with van der Waals surface area (Å²) >= 11 is 0. The number of fused-ring (bicyclic) bond motifs is 1. The van der Waals surface area contributed by atoms with Crippen molar-refractivity contribution in [1.29, 1.82) is 0 Å². The first-order valence-corrected chi connectivity index (χ1v) is 9.60. The molecule has 29 heavy (non-hydrogen) atoms. The molecule has 1 aliphatic rings. The minimum absolute atomic E-state index is 0.0813. The molecule has 1 unspecified atom stereocenters. The van der Waals surface area contributed by atoms with Crippen LogP contribution in [0.15, 0.2) is 78.9 Å². The van der Waals surface area contributed by atoms with Crippen molar-refractivity contribution in [3.8, 4) is 5.75 Å². The van der Waals surface area contributed by atoms with Crippen molar-refractivity contribution in [1.82, 2.24) is 0 Å². The largest absolute Gasteiger partial charge is 0.479 e. The van der Waals surface area contributed by atoms with Gasteiger partial charge in [-0.25, -0.2) is 0 Å². The Morgan fingerprint density at radius 3 is 2.31 bits per heavy atom. The van der Waals surface area contributed by atoms with E-state index in [1.165, 1.54) is 0 Å². The zero-order valence-corrected chi connectivity index (χ0v) is 16.2. The van der Waals surface area contributed by atoms with Crippen LogP contribution in [-0.2, 0) is 22.6 Å². The highest BCUT2D eigenvalue weighted by Gasteiger charge is 2.31. The quantitative estimate of drug-likeness (QED) is 0.716. The van der Waals surface area contributed by atoms with Crippen LogP contribution in [0, 0.1) is 0 Å². The molecule has 5 heteroatoms. The molecule has 1 heterocycles. The van der Waals surface area contributed by atoms with Crippen molar-refractivity contribution in [2.75, 3.05) is 10.2 Å². The maximum atomic E-state index is 12.7. The first-order valence-electron chi connectivity index (χ1n) is 9.60. The number of carbonyl (C=O) groups is 2.